The van der Waals surface area contributed by atoms with Crippen LogP contribution in [-0.2, 0) is 0 Å². The maximum Gasteiger partial charge on any atom is 0.263 e. The lowest BCUT2D eigenvalue weighted by molar-refractivity contribution is 0.0905. The van der Waals surface area contributed by atoms with Crippen molar-refractivity contribution in [3.8, 4) is 0 Å². The monoisotopic (exact) mass is 369 g/mol. The molecule has 2 nitrogen and oxygen atoms in total. The Bertz CT molecular complexity index is 630. The Hall–Kier alpha value is -1.20. The Labute approximate surface area is 136 Å². The van der Waals surface area contributed by atoms with Crippen LogP contribution < -0.4 is 5.32 Å². The number of nitrogens with one attached hydrogen (secondary N) is 1. The fraction of sp³-hybridized carbons (Fsp3) is 0.312. The number of thiophene rings is 1. The zero-order valence-corrected chi connectivity index (χ0v) is 14.5. The maximum atomic E-state index is 13.1. The van der Waals surface area contributed by atoms with Crippen LogP contribution in [0.2, 0.25) is 0 Å². The number of hydrogen-bond donors (Lipinski definition) is 1. The van der Waals surface area contributed by atoms with Crippen molar-refractivity contribution in [3.05, 3.63) is 56.4 Å². The van der Waals surface area contributed by atoms with Gasteiger partial charge in [-0.15, -0.1) is 11.3 Å². The van der Waals surface area contributed by atoms with Crippen molar-refractivity contribution in [3.63, 3.8) is 0 Å². The van der Waals surface area contributed by atoms with Crippen LogP contribution in [0.1, 0.15) is 42.0 Å². The van der Waals surface area contributed by atoms with E-state index in [1.807, 2.05) is 32.2 Å². The molecule has 1 aromatic heterocycles. The number of hydrogen-bond acceptors (Lipinski definition) is 2. The van der Waals surface area contributed by atoms with Gasteiger partial charge in [-0.25, -0.2) is 4.39 Å². The number of benzene rings is 1. The molecule has 21 heavy (non-hydrogen) atoms. The highest BCUT2D eigenvalue weighted by Gasteiger charge is 2.29. The van der Waals surface area contributed by atoms with Gasteiger partial charge in [0.15, 0.2) is 0 Å². The molecule has 1 heterocycles. The molecule has 0 bridgehead atoms. The number of amides is 1. The van der Waals surface area contributed by atoms with Gasteiger partial charge in [-0.2, -0.15) is 0 Å². The van der Waals surface area contributed by atoms with E-state index in [9.17, 15) is 9.18 Å². The van der Waals surface area contributed by atoms with Crippen LogP contribution in [0, 0.1) is 11.2 Å². The second kappa shape index (κ2) is 6.28. The normalized spacial score (nSPS) is 13.0. The number of halogens is 2. The molecule has 1 amide bonds. The first-order valence-corrected chi connectivity index (χ1v) is 8.25. The first kappa shape index (κ1) is 16.2. The average Bonchev–Trinajstić information content (AvgIpc) is 2.82. The summed E-state index contributed by atoms with van der Waals surface area (Å²) in [5, 5.41) is 4.92. The van der Waals surface area contributed by atoms with Crippen molar-refractivity contribution >= 4 is 33.2 Å². The molecule has 0 aliphatic carbocycles. The molecule has 1 aromatic carbocycles. The van der Waals surface area contributed by atoms with Crippen LogP contribution in [-0.4, -0.2) is 5.91 Å². The molecule has 0 fully saturated rings. The van der Waals surface area contributed by atoms with E-state index in [0.29, 0.717) is 4.88 Å². The Balaban J connectivity index is 2.28. The summed E-state index contributed by atoms with van der Waals surface area (Å²) in [6.07, 6.45) is 0. The van der Waals surface area contributed by atoms with E-state index in [-0.39, 0.29) is 23.2 Å². The molecule has 112 valence electrons. The standard InChI is InChI=1S/C16H17BrFNOS/c1-16(2,3)14(10-4-6-11(18)7-5-10)19-15(20)13-12(17)8-9-21-13/h4-9,14H,1-3H3,(H,19,20). The van der Waals surface area contributed by atoms with E-state index in [1.54, 1.807) is 12.1 Å². The van der Waals surface area contributed by atoms with Crippen LogP contribution in [0.25, 0.3) is 0 Å². The Morgan fingerprint density at radius 1 is 1.24 bits per heavy atom. The van der Waals surface area contributed by atoms with Gasteiger partial charge in [0, 0.05) is 4.47 Å². The van der Waals surface area contributed by atoms with E-state index in [0.717, 1.165) is 10.0 Å². The third-order valence-electron chi connectivity index (χ3n) is 3.17. The quantitative estimate of drug-likeness (QED) is 0.794. The first-order valence-electron chi connectivity index (χ1n) is 6.58. The summed E-state index contributed by atoms with van der Waals surface area (Å²) >= 11 is 4.76. The van der Waals surface area contributed by atoms with E-state index in [4.69, 9.17) is 0 Å². The summed E-state index contributed by atoms with van der Waals surface area (Å²) in [6, 6.07) is 7.93. The van der Waals surface area contributed by atoms with Gasteiger partial charge in [0.1, 0.15) is 10.7 Å². The molecule has 0 aliphatic heterocycles. The van der Waals surface area contributed by atoms with Crippen LogP contribution >= 0.6 is 27.3 Å². The van der Waals surface area contributed by atoms with Gasteiger partial charge in [0.2, 0.25) is 0 Å². The van der Waals surface area contributed by atoms with Crippen molar-refractivity contribution in [1.82, 2.24) is 5.32 Å². The molecule has 0 aliphatic rings. The fourth-order valence-corrected chi connectivity index (χ4v) is 3.56. The van der Waals surface area contributed by atoms with Crippen LogP contribution in [0.5, 0.6) is 0 Å². The molecule has 2 rings (SSSR count). The molecular formula is C16H17BrFNOS. The summed E-state index contributed by atoms with van der Waals surface area (Å²) < 4.78 is 13.9. The van der Waals surface area contributed by atoms with Gasteiger partial charge in [0.05, 0.1) is 6.04 Å². The minimum atomic E-state index is -0.279. The van der Waals surface area contributed by atoms with E-state index in [2.05, 4.69) is 21.2 Å². The summed E-state index contributed by atoms with van der Waals surface area (Å²) in [7, 11) is 0. The van der Waals surface area contributed by atoms with Crippen molar-refractivity contribution in [2.24, 2.45) is 5.41 Å². The van der Waals surface area contributed by atoms with Gasteiger partial charge < -0.3 is 5.32 Å². The van der Waals surface area contributed by atoms with Gasteiger partial charge >= 0.3 is 0 Å². The minimum absolute atomic E-state index is 0.124. The average molecular weight is 370 g/mol. The predicted molar refractivity (Wildman–Crippen MR) is 88.1 cm³/mol. The second-order valence-electron chi connectivity index (χ2n) is 5.92. The fourth-order valence-electron chi connectivity index (χ4n) is 2.11. The number of carbonyl (C=O) groups excluding carboxylic acids is 1. The summed E-state index contributed by atoms with van der Waals surface area (Å²) in [4.78, 5) is 13.1. The van der Waals surface area contributed by atoms with Gasteiger partial charge in [-0.3, -0.25) is 4.79 Å². The maximum absolute atomic E-state index is 13.1. The lowest BCUT2D eigenvalue weighted by atomic mass is 9.82. The van der Waals surface area contributed by atoms with Gasteiger partial charge in [0.25, 0.3) is 5.91 Å². The SMILES string of the molecule is CC(C)(C)C(NC(=O)c1sccc1Br)c1ccc(F)cc1. The zero-order valence-electron chi connectivity index (χ0n) is 12.1. The Morgan fingerprint density at radius 3 is 2.33 bits per heavy atom. The second-order valence-corrected chi connectivity index (χ2v) is 7.69. The Morgan fingerprint density at radius 2 is 1.86 bits per heavy atom. The first-order chi connectivity index (χ1) is 9.79. The third kappa shape index (κ3) is 3.92. The van der Waals surface area contributed by atoms with Crippen LogP contribution in [0.3, 0.4) is 0 Å². The van der Waals surface area contributed by atoms with Gasteiger partial charge in [-0.05, 0) is 50.5 Å². The molecule has 1 unspecified atom stereocenters. The topological polar surface area (TPSA) is 29.1 Å². The number of rotatable bonds is 3. The van der Waals surface area contributed by atoms with Crippen LogP contribution in [0.15, 0.2) is 40.2 Å². The largest absolute Gasteiger partial charge is 0.344 e. The molecule has 5 heteroatoms. The minimum Gasteiger partial charge on any atom is -0.344 e. The molecule has 2 aromatic rings. The van der Waals surface area contributed by atoms with E-state index >= 15 is 0 Å². The van der Waals surface area contributed by atoms with Crippen molar-refractivity contribution < 1.29 is 9.18 Å². The highest BCUT2D eigenvalue weighted by Crippen LogP contribution is 2.34. The molecular weight excluding hydrogens is 353 g/mol. The molecule has 0 spiro atoms. The predicted octanol–water partition coefficient (Wildman–Crippen LogP) is 5.17. The van der Waals surface area contributed by atoms with E-state index < -0.39 is 0 Å². The van der Waals surface area contributed by atoms with Crippen LogP contribution in [0.4, 0.5) is 4.39 Å². The highest BCUT2D eigenvalue weighted by atomic mass is 79.9. The lowest BCUT2D eigenvalue weighted by Gasteiger charge is -2.32. The summed E-state index contributed by atoms with van der Waals surface area (Å²) in [5.74, 6) is -0.403. The van der Waals surface area contributed by atoms with E-state index in [1.165, 1.54) is 23.5 Å². The summed E-state index contributed by atoms with van der Waals surface area (Å²) in [5.41, 5.74) is 0.710. The lowest BCUT2D eigenvalue weighted by Crippen LogP contribution is -2.36. The molecule has 0 saturated carbocycles. The van der Waals surface area contributed by atoms with Gasteiger partial charge in [-0.1, -0.05) is 32.9 Å². The molecule has 1 atom stereocenters. The summed E-state index contributed by atoms with van der Waals surface area (Å²) in [6.45, 7) is 6.14. The zero-order chi connectivity index (χ0) is 15.6. The van der Waals surface area contributed by atoms with Crippen molar-refractivity contribution in [1.29, 1.82) is 0 Å². The Kier molecular flexibility index (Phi) is 4.84. The highest BCUT2D eigenvalue weighted by molar-refractivity contribution is 9.10. The molecule has 0 saturated heterocycles. The third-order valence-corrected chi connectivity index (χ3v) is 5.00. The number of carbonyl (C=O) groups is 1. The molecule has 0 radical (unpaired) electrons. The van der Waals surface area contributed by atoms with Crippen molar-refractivity contribution in [2.45, 2.75) is 26.8 Å². The molecule has 1 N–H and O–H groups in total. The smallest absolute Gasteiger partial charge is 0.263 e. The van der Waals surface area contributed by atoms with Crippen molar-refractivity contribution in [2.75, 3.05) is 0 Å².